The third-order valence-corrected chi connectivity index (χ3v) is 5.17. The number of benzene rings is 1. The Kier molecular flexibility index (Phi) is 7.49. The molecule has 3 rings (SSSR count). The van der Waals surface area contributed by atoms with Crippen molar-refractivity contribution in [3.05, 3.63) is 70.9 Å². The van der Waals surface area contributed by atoms with E-state index < -0.39 is 0 Å². The van der Waals surface area contributed by atoms with Crippen LogP contribution >= 0.6 is 11.3 Å². The number of nitrogens with one attached hydrogen (secondary N) is 1. The van der Waals surface area contributed by atoms with Gasteiger partial charge < -0.3 is 19.5 Å². The SMILES string of the molecule is CCOc1ccc(CN(CCCn2ccnc2)C(=O)NCc2cccs2)cc1. The molecule has 7 heteroatoms. The largest absolute Gasteiger partial charge is 0.494 e. The number of carbonyl (C=O) groups excluding carboxylic acids is 1. The van der Waals surface area contributed by atoms with Gasteiger partial charge in [0, 0.05) is 36.9 Å². The molecule has 0 saturated heterocycles. The Hall–Kier alpha value is -2.80. The van der Waals surface area contributed by atoms with Crippen LogP contribution in [-0.4, -0.2) is 33.6 Å². The second-order valence-corrected chi connectivity index (χ2v) is 7.42. The van der Waals surface area contributed by atoms with Crippen molar-refractivity contribution in [2.75, 3.05) is 13.2 Å². The van der Waals surface area contributed by atoms with Crippen LogP contribution in [0.4, 0.5) is 4.79 Å². The number of aryl methyl sites for hydroxylation is 1. The fourth-order valence-electron chi connectivity index (χ4n) is 2.88. The summed E-state index contributed by atoms with van der Waals surface area (Å²) in [5.74, 6) is 0.847. The predicted octanol–water partition coefficient (Wildman–Crippen LogP) is 4.15. The van der Waals surface area contributed by atoms with E-state index in [1.165, 1.54) is 0 Å². The normalized spacial score (nSPS) is 10.6. The van der Waals surface area contributed by atoms with Gasteiger partial charge in [0.1, 0.15) is 5.75 Å². The molecule has 1 aromatic carbocycles. The van der Waals surface area contributed by atoms with Crippen LogP contribution < -0.4 is 10.1 Å². The van der Waals surface area contributed by atoms with Crippen molar-refractivity contribution in [1.29, 1.82) is 0 Å². The average molecular weight is 399 g/mol. The molecule has 3 aromatic rings. The van der Waals surface area contributed by atoms with Gasteiger partial charge in [-0.25, -0.2) is 9.78 Å². The molecule has 6 nitrogen and oxygen atoms in total. The Labute approximate surface area is 169 Å². The molecule has 2 heterocycles. The number of ether oxygens (including phenoxy) is 1. The van der Waals surface area contributed by atoms with Gasteiger partial charge in [0.15, 0.2) is 0 Å². The zero-order chi connectivity index (χ0) is 19.6. The van der Waals surface area contributed by atoms with Crippen molar-refractivity contribution in [2.45, 2.75) is 33.0 Å². The first-order valence-corrected chi connectivity index (χ1v) is 10.3. The van der Waals surface area contributed by atoms with Crippen LogP contribution in [0.1, 0.15) is 23.8 Å². The second-order valence-electron chi connectivity index (χ2n) is 6.39. The molecule has 0 aliphatic rings. The lowest BCUT2D eigenvalue weighted by Crippen LogP contribution is -2.39. The molecule has 0 aliphatic heterocycles. The molecule has 0 aliphatic carbocycles. The van der Waals surface area contributed by atoms with E-state index in [1.54, 1.807) is 23.9 Å². The average Bonchev–Trinajstić information content (AvgIpc) is 3.41. The number of rotatable bonds is 10. The smallest absolute Gasteiger partial charge is 0.317 e. The van der Waals surface area contributed by atoms with Gasteiger partial charge in [-0.3, -0.25) is 0 Å². The number of amides is 2. The van der Waals surface area contributed by atoms with Crippen LogP contribution in [0, 0.1) is 0 Å². The summed E-state index contributed by atoms with van der Waals surface area (Å²) in [6.07, 6.45) is 6.37. The predicted molar refractivity (Wildman–Crippen MR) is 111 cm³/mol. The van der Waals surface area contributed by atoms with E-state index in [2.05, 4.69) is 10.3 Å². The summed E-state index contributed by atoms with van der Waals surface area (Å²) >= 11 is 1.65. The van der Waals surface area contributed by atoms with Crippen LogP contribution in [0.15, 0.2) is 60.5 Å². The Balaban J connectivity index is 1.59. The van der Waals surface area contributed by atoms with Crippen LogP contribution in [0.25, 0.3) is 0 Å². The molecule has 28 heavy (non-hydrogen) atoms. The van der Waals surface area contributed by atoms with Crippen molar-refractivity contribution < 1.29 is 9.53 Å². The Morgan fingerprint density at radius 1 is 1.29 bits per heavy atom. The van der Waals surface area contributed by atoms with Gasteiger partial charge in [-0.15, -0.1) is 11.3 Å². The minimum atomic E-state index is -0.0482. The Bertz CT molecular complexity index is 817. The Morgan fingerprint density at radius 3 is 2.82 bits per heavy atom. The summed E-state index contributed by atoms with van der Waals surface area (Å²) in [4.78, 5) is 19.9. The van der Waals surface area contributed by atoms with Gasteiger partial charge in [0.25, 0.3) is 0 Å². The summed E-state index contributed by atoms with van der Waals surface area (Å²) in [6, 6.07) is 11.9. The summed E-state index contributed by atoms with van der Waals surface area (Å²) < 4.78 is 7.53. The maximum atomic E-state index is 12.8. The highest BCUT2D eigenvalue weighted by molar-refractivity contribution is 7.09. The van der Waals surface area contributed by atoms with E-state index in [0.29, 0.717) is 26.2 Å². The molecule has 0 spiro atoms. The number of hydrogen-bond donors (Lipinski definition) is 1. The van der Waals surface area contributed by atoms with E-state index in [4.69, 9.17) is 4.74 Å². The number of imidazole rings is 1. The number of aromatic nitrogens is 2. The highest BCUT2D eigenvalue weighted by Gasteiger charge is 2.14. The van der Waals surface area contributed by atoms with E-state index in [1.807, 2.05) is 64.4 Å². The number of thiophene rings is 1. The van der Waals surface area contributed by atoms with Crippen LogP contribution in [0.5, 0.6) is 5.75 Å². The first kappa shape index (κ1) is 19.9. The second kappa shape index (κ2) is 10.5. The molecule has 2 amide bonds. The monoisotopic (exact) mass is 398 g/mol. The van der Waals surface area contributed by atoms with Gasteiger partial charge >= 0.3 is 6.03 Å². The quantitative estimate of drug-likeness (QED) is 0.558. The number of nitrogens with zero attached hydrogens (tertiary/aromatic N) is 3. The summed E-state index contributed by atoms with van der Waals surface area (Å²) in [5, 5.41) is 5.05. The van der Waals surface area contributed by atoms with Gasteiger partial charge in [0.05, 0.1) is 19.5 Å². The highest BCUT2D eigenvalue weighted by atomic mass is 32.1. The third-order valence-electron chi connectivity index (χ3n) is 4.29. The van der Waals surface area contributed by atoms with Gasteiger partial charge in [-0.2, -0.15) is 0 Å². The molecule has 0 fully saturated rings. The van der Waals surface area contributed by atoms with Gasteiger partial charge in [0.2, 0.25) is 0 Å². The minimum Gasteiger partial charge on any atom is -0.494 e. The molecule has 0 atom stereocenters. The van der Waals surface area contributed by atoms with Gasteiger partial charge in [-0.05, 0) is 42.5 Å². The molecule has 1 N–H and O–H groups in total. The standard InChI is InChI=1S/C21H26N4O2S/c1-2-27-19-8-6-18(7-9-19)16-25(12-4-11-24-13-10-22-17-24)21(26)23-15-20-5-3-14-28-20/h3,5-10,13-14,17H,2,4,11-12,15-16H2,1H3,(H,23,26). The Morgan fingerprint density at radius 2 is 2.14 bits per heavy atom. The third kappa shape index (κ3) is 6.13. The molecular formula is C21H26N4O2S. The highest BCUT2D eigenvalue weighted by Crippen LogP contribution is 2.14. The van der Waals surface area contributed by atoms with Gasteiger partial charge in [-0.1, -0.05) is 18.2 Å². The lowest BCUT2D eigenvalue weighted by molar-refractivity contribution is 0.193. The lowest BCUT2D eigenvalue weighted by atomic mass is 10.2. The summed E-state index contributed by atoms with van der Waals surface area (Å²) in [6.45, 7) is 5.22. The molecular weight excluding hydrogens is 372 g/mol. The summed E-state index contributed by atoms with van der Waals surface area (Å²) in [7, 11) is 0. The van der Waals surface area contributed by atoms with E-state index in [0.717, 1.165) is 29.2 Å². The zero-order valence-electron chi connectivity index (χ0n) is 16.1. The minimum absolute atomic E-state index is 0.0482. The topological polar surface area (TPSA) is 59.4 Å². The van der Waals surface area contributed by atoms with Crippen molar-refractivity contribution in [3.63, 3.8) is 0 Å². The summed E-state index contributed by atoms with van der Waals surface area (Å²) in [5.41, 5.74) is 1.08. The fourth-order valence-corrected chi connectivity index (χ4v) is 3.53. The maximum absolute atomic E-state index is 12.8. The molecule has 0 saturated carbocycles. The molecule has 148 valence electrons. The van der Waals surface area contributed by atoms with Crippen molar-refractivity contribution >= 4 is 17.4 Å². The molecule has 0 unspecified atom stereocenters. The van der Waals surface area contributed by atoms with E-state index >= 15 is 0 Å². The van der Waals surface area contributed by atoms with Crippen LogP contribution in [-0.2, 0) is 19.6 Å². The van der Waals surface area contributed by atoms with Crippen LogP contribution in [0.2, 0.25) is 0 Å². The molecule has 2 aromatic heterocycles. The number of urea groups is 1. The molecule has 0 radical (unpaired) electrons. The number of hydrogen-bond acceptors (Lipinski definition) is 4. The van der Waals surface area contributed by atoms with Crippen molar-refractivity contribution in [1.82, 2.24) is 19.8 Å². The van der Waals surface area contributed by atoms with E-state index in [-0.39, 0.29) is 6.03 Å². The maximum Gasteiger partial charge on any atom is 0.317 e. The molecule has 0 bridgehead atoms. The first-order valence-electron chi connectivity index (χ1n) is 9.47. The zero-order valence-corrected chi connectivity index (χ0v) is 16.9. The fraction of sp³-hybridized carbons (Fsp3) is 0.333. The first-order chi connectivity index (χ1) is 13.7. The van der Waals surface area contributed by atoms with E-state index in [9.17, 15) is 4.79 Å². The number of carbonyl (C=O) groups is 1. The lowest BCUT2D eigenvalue weighted by Gasteiger charge is -2.23. The van der Waals surface area contributed by atoms with Crippen molar-refractivity contribution in [3.8, 4) is 5.75 Å². The van der Waals surface area contributed by atoms with Crippen LogP contribution in [0.3, 0.4) is 0 Å². The van der Waals surface area contributed by atoms with Crippen molar-refractivity contribution in [2.24, 2.45) is 0 Å².